The van der Waals surface area contributed by atoms with Crippen LogP contribution in [0.5, 0.6) is 0 Å². The smallest absolute Gasteiger partial charge is 0.131 e. The molecule has 124 valence electrons. The highest BCUT2D eigenvalue weighted by molar-refractivity contribution is 7.07. The largest absolute Gasteiger partial charge is 0.380 e. The summed E-state index contributed by atoms with van der Waals surface area (Å²) in [7, 11) is 4.01. The molecule has 1 atom stereocenters. The molecule has 23 heavy (non-hydrogen) atoms. The fourth-order valence-corrected chi connectivity index (χ4v) is 3.56. The van der Waals surface area contributed by atoms with Gasteiger partial charge in [0.1, 0.15) is 12.1 Å². The summed E-state index contributed by atoms with van der Waals surface area (Å²) in [5.41, 5.74) is 2.49. The average molecular weight is 332 g/mol. The van der Waals surface area contributed by atoms with E-state index in [1.54, 1.807) is 17.7 Å². The van der Waals surface area contributed by atoms with Crippen LogP contribution in [-0.2, 0) is 17.7 Å². The van der Waals surface area contributed by atoms with Crippen LogP contribution in [0.15, 0.2) is 29.2 Å². The minimum absolute atomic E-state index is 0.473. The molecular weight excluding hydrogens is 308 g/mol. The van der Waals surface area contributed by atoms with Crippen molar-refractivity contribution in [3.8, 4) is 0 Å². The molecule has 0 unspecified atom stereocenters. The molecule has 1 fully saturated rings. The highest BCUT2D eigenvalue weighted by atomic mass is 32.1. The van der Waals surface area contributed by atoms with E-state index < -0.39 is 0 Å². The fourth-order valence-electron chi connectivity index (χ4n) is 2.90. The van der Waals surface area contributed by atoms with E-state index in [0.717, 1.165) is 50.8 Å². The van der Waals surface area contributed by atoms with Crippen molar-refractivity contribution in [1.29, 1.82) is 0 Å². The summed E-state index contributed by atoms with van der Waals surface area (Å²) in [6.45, 7) is 4.68. The lowest BCUT2D eigenvalue weighted by Crippen LogP contribution is -2.30. The molecule has 0 aromatic carbocycles. The molecule has 6 heteroatoms. The number of rotatable bonds is 5. The molecule has 0 spiro atoms. The van der Waals surface area contributed by atoms with Gasteiger partial charge in [0.05, 0.1) is 13.2 Å². The molecule has 0 amide bonds. The van der Waals surface area contributed by atoms with Crippen molar-refractivity contribution in [1.82, 2.24) is 14.9 Å². The van der Waals surface area contributed by atoms with Crippen molar-refractivity contribution in [2.75, 3.05) is 45.3 Å². The predicted molar refractivity (Wildman–Crippen MR) is 94.0 cm³/mol. The zero-order valence-electron chi connectivity index (χ0n) is 13.8. The number of hydrogen-bond donors (Lipinski definition) is 0. The van der Waals surface area contributed by atoms with Crippen molar-refractivity contribution in [2.45, 2.75) is 13.0 Å². The van der Waals surface area contributed by atoms with Gasteiger partial charge in [0.15, 0.2) is 0 Å². The summed E-state index contributed by atoms with van der Waals surface area (Å²) < 4.78 is 5.81. The van der Waals surface area contributed by atoms with Crippen LogP contribution in [0, 0.1) is 5.92 Å². The quantitative estimate of drug-likeness (QED) is 0.840. The second-order valence-electron chi connectivity index (χ2n) is 6.27. The first-order valence-corrected chi connectivity index (χ1v) is 8.94. The Bertz CT molecular complexity index is 602. The minimum Gasteiger partial charge on any atom is -0.380 e. The van der Waals surface area contributed by atoms with Gasteiger partial charge in [-0.25, -0.2) is 9.97 Å². The zero-order chi connectivity index (χ0) is 16.1. The van der Waals surface area contributed by atoms with Gasteiger partial charge in [-0.2, -0.15) is 11.3 Å². The Labute approximate surface area is 141 Å². The maximum atomic E-state index is 5.81. The number of aromatic nitrogens is 2. The van der Waals surface area contributed by atoms with E-state index >= 15 is 0 Å². The number of nitrogens with zero attached hydrogens (tertiary/aromatic N) is 4. The molecular formula is C17H24N4OS. The summed E-state index contributed by atoms with van der Waals surface area (Å²) in [6, 6.07) is 4.29. The third-order valence-corrected chi connectivity index (χ3v) is 4.81. The lowest BCUT2D eigenvalue weighted by atomic mass is 10.0. The van der Waals surface area contributed by atoms with Crippen LogP contribution < -0.4 is 4.90 Å². The van der Waals surface area contributed by atoms with Crippen molar-refractivity contribution >= 4 is 17.2 Å². The van der Waals surface area contributed by atoms with E-state index in [1.807, 2.05) is 19.0 Å². The summed E-state index contributed by atoms with van der Waals surface area (Å²) in [4.78, 5) is 13.2. The summed E-state index contributed by atoms with van der Waals surface area (Å²) in [6.07, 6.45) is 2.59. The molecule has 0 aliphatic carbocycles. The number of ether oxygens (including phenoxy) is 1. The Morgan fingerprint density at radius 2 is 2.30 bits per heavy atom. The van der Waals surface area contributed by atoms with Gasteiger partial charge in [-0.1, -0.05) is 0 Å². The Balaban J connectivity index is 1.63. The summed E-state index contributed by atoms with van der Waals surface area (Å²) in [5, 5.41) is 4.37. The van der Waals surface area contributed by atoms with Gasteiger partial charge in [-0.15, -0.1) is 0 Å². The zero-order valence-corrected chi connectivity index (χ0v) is 14.6. The van der Waals surface area contributed by atoms with Gasteiger partial charge in [0.2, 0.25) is 0 Å². The van der Waals surface area contributed by atoms with Crippen molar-refractivity contribution in [2.24, 2.45) is 5.92 Å². The standard InChI is InChI=1S/C17H24N4OS/c1-20(2)17-8-16(18-13-19-17)7-15-10-21(4-5-22-11-15)9-14-3-6-23-12-14/h3,6,8,12-13,15H,4-5,7,9-11H2,1-2H3/t15-/m0/s1. The van der Waals surface area contributed by atoms with Crippen molar-refractivity contribution in [3.63, 3.8) is 0 Å². The lowest BCUT2D eigenvalue weighted by molar-refractivity contribution is 0.121. The third-order valence-electron chi connectivity index (χ3n) is 4.07. The summed E-state index contributed by atoms with van der Waals surface area (Å²) in [5.74, 6) is 1.43. The Morgan fingerprint density at radius 1 is 1.39 bits per heavy atom. The maximum Gasteiger partial charge on any atom is 0.131 e. The molecule has 0 radical (unpaired) electrons. The first-order chi connectivity index (χ1) is 11.2. The highest BCUT2D eigenvalue weighted by Crippen LogP contribution is 2.17. The topological polar surface area (TPSA) is 41.5 Å². The molecule has 0 N–H and O–H groups in total. The van der Waals surface area contributed by atoms with Crippen LogP contribution in [0.25, 0.3) is 0 Å². The highest BCUT2D eigenvalue weighted by Gasteiger charge is 2.20. The van der Waals surface area contributed by atoms with E-state index in [-0.39, 0.29) is 0 Å². The summed E-state index contributed by atoms with van der Waals surface area (Å²) >= 11 is 1.76. The van der Waals surface area contributed by atoms with Gasteiger partial charge in [0, 0.05) is 51.4 Å². The molecule has 0 bridgehead atoms. The molecule has 1 saturated heterocycles. The fraction of sp³-hybridized carbons (Fsp3) is 0.529. The molecule has 3 heterocycles. The Morgan fingerprint density at radius 3 is 3.09 bits per heavy atom. The van der Waals surface area contributed by atoms with E-state index in [0.29, 0.717) is 5.92 Å². The second kappa shape index (κ2) is 7.86. The van der Waals surface area contributed by atoms with E-state index in [2.05, 4.69) is 37.8 Å². The van der Waals surface area contributed by atoms with Gasteiger partial charge in [-0.3, -0.25) is 4.90 Å². The Hall–Kier alpha value is -1.50. The van der Waals surface area contributed by atoms with Crippen LogP contribution in [0.3, 0.4) is 0 Å². The minimum atomic E-state index is 0.473. The van der Waals surface area contributed by atoms with E-state index in [9.17, 15) is 0 Å². The van der Waals surface area contributed by atoms with Crippen LogP contribution in [-0.4, -0.2) is 55.3 Å². The van der Waals surface area contributed by atoms with E-state index in [1.165, 1.54) is 5.56 Å². The first-order valence-electron chi connectivity index (χ1n) is 8.00. The molecule has 1 aliphatic heterocycles. The van der Waals surface area contributed by atoms with Crippen LogP contribution >= 0.6 is 11.3 Å². The predicted octanol–water partition coefficient (Wildman–Crippen LogP) is 2.30. The Kier molecular flexibility index (Phi) is 5.59. The molecule has 5 nitrogen and oxygen atoms in total. The molecule has 2 aromatic heterocycles. The first kappa shape index (κ1) is 16.4. The van der Waals surface area contributed by atoms with Crippen molar-refractivity contribution in [3.05, 3.63) is 40.5 Å². The third kappa shape index (κ3) is 4.73. The lowest BCUT2D eigenvalue weighted by Gasteiger charge is -2.23. The number of hydrogen-bond acceptors (Lipinski definition) is 6. The van der Waals surface area contributed by atoms with Gasteiger partial charge < -0.3 is 9.64 Å². The molecule has 0 saturated carbocycles. The number of thiophene rings is 1. The SMILES string of the molecule is CN(C)c1cc(C[C@@H]2COCCN(Cc3ccsc3)C2)ncn1. The second-order valence-corrected chi connectivity index (χ2v) is 7.05. The van der Waals surface area contributed by atoms with E-state index in [4.69, 9.17) is 4.74 Å². The van der Waals surface area contributed by atoms with Gasteiger partial charge >= 0.3 is 0 Å². The van der Waals surface area contributed by atoms with Crippen molar-refractivity contribution < 1.29 is 4.74 Å². The molecule has 3 rings (SSSR count). The number of anilines is 1. The van der Waals surface area contributed by atoms with Gasteiger partial charge in [0.25, 0.3) is 0 Å². The molecule has 1 aliphatic rings. The normalized spacial score (nSPS) is 19.5. The van der Waals surface area contributed by atoms with Crippen LogP contribution in [0.4, 0.5) is 5.82 Å². The van der Waals surface area contributed by atoms with Crippen LogP contribution in [0.2, 0.25) is 0 Å². The molecule has 2 aromatic rings. The van der Waals surface area contributed by atoms with Crippen LogP contribution in [0.1, 0.15) is 11.3 Å². The van der Waals surface area contributed by atoms with Gasteiger partial charge in [-0.05, 0) is 28.8 Å². The monoisotopic (exact) mass is 332 g/mol. The average Bonchev–Trinajstić information content (AvgIpc) is 2.94. The maximum absolute atomic E-state index is 5.81.